The summed E-state index contributed by atoms with van der Waals surface area (Å²) in [5, 5.41) is 7.57. The van der Waals surface area contributed by atoms with Crippen LogP contribution in [0.5, 0.6) is 0 Å². The number of rotatable bonds is 0. The summed E-state index contributed by atoms with van der Waals surface area (Å²) in [7, 11) is 0. The van der Waals surface area contributed by atoms with Gasteiger partial charge >= 0.3 is 5.69 Å². The molecule has 0 bridgehead atoms. The summed E-state index contributed by atoms with van der Waals surface area (Å²) in [6, 6.07) is 1.52. The summed E-state index contributed by atoms with van der Waals surface area (Å²) in [6.45, 7) is 2.89. The van der Waals surface area contributed by atoms with Crippen LogP contribution in [-0.2, 0) is 4.74 Å². The highest BCUT2D eigenvalue weighted by molar-refractivity contribution is 7.99. The average Bonchev–Trinajstić information content (AvgIpc) is 2.76. The van der Waals surface area contributed by atoms with Crippen molar-refractivity contribution in [2.75, 3.05) is 30.6 Å². The number of nitrogens with two attached hydrogens (primary N) is 1. The Morgan fingerprint density at radius 1 is 1.75 bits per heavy atom. The van der Waals surface area contributed by atoms with Gasteiger partial charge in [-0.1, -0.05) is 0 Å². The van der Waals surface area contributed by atoms with Gasteiger partial charge in [-0.3, -0.25) is 4.98 Å². The third-order valence-electron chi connectivity index (χ3n) is 1.24. The van der Waals surface area contributed by atoms with E-state index in [1.807, 2.05) is 11.8 Å². The Balaban J connectivity index is 0.000000241. The third kappa shape index (κ3) is 9.50. The van der Waals surface area contributed by atoms with Gasteiger partial charge in [-0.25, -0.2) is 9.78 Å². The van der Waals surface area contributed by atoms with Crippen LogP contribution in [0.1, 0.15) is 6.92 Å². The highest BCUT2D eigenvalue weighted by atomic mass is 32.2. The van der Waals surface area contributed by atoms with Crippen LogP contribution in [0.15, 0.2) is 17.1 Å². The predicted molar refractivity (Wildman–Crippen MR) is 65.3 cm³/mol. The van der Waals surface area contributed by atoms with E-state index in [4.69, 9.17) is 15.6 Å². The van der Waals surface area contributed by atoms with Gasteiger partial charge in [-0.15, -0.1) is 11.8 Å². The van der Waals surface area contributed by atoms with E-state index in [2.05, 4.69) is 9.97 Å². The highest BCUT2D eigenvalue weighted by Crippen LogP contribution is 2.06. The Morgan fingerprint density at radius 2 is 2.44 bits per heavy atom. The SMILES string of the molecule is C1CSCO1.CCO.Nc1ccnc(=O)[nH]1. The lowest BCUT2D eigenvalue weighted by Gasteiger charge is -1.84. The van der Waals surface area contributed by atoms with Crippen LogP contribution in [0.4, 0.5) is 5.82 Å². The maximum Gasteiger partial charge on any atom is 0.346 e. The van der Waals surface area contributed by atoms with E-state index >= 15 is 0 Å². The molecule has 6 nitrogen and oxygen atoms in total. The topological polar surface area (TPSA) is 101 Å². The summed E-state index contributed by atoms with van der Waals surface area (Å²) in [5.41, 5.74) is 4.75. The molecule has 1 aliphatic rings. The Labute approximate surface area is 98.2 Å². The first-order valence-electron chi connectivity index (χ1n) is 4.77. The van der Waals surface area contributed by atoms with Crippen LogP contribution in [0, 0.1) is 0 Å². The van der Waals surface area contributed by atoms with Crippen molar-refractivity contribution < 1.29 is 9.84 Å². The lowest BCUT2D eigenvalue weighted by Crippen LogP contribution is -2.10. The van der Waals surface area contributed by atoms with Gasteiger partial charge < -0.3 is 15.6 Å². The quantitative estimate of drug-likeness (QED) is 0.599. The normalized spacial score (nSPS) is 13.1. The van der Waals surface area contributed by atoms with Gasteiger partial charge in [0.05, 0.1) is 12.5 Å². The minimum absolute atomic E-state index is 0.250. The molecule has 16 heavy (non-hydrogen) atoms. The number of nitrogens with one attached hydrogen (secondary N) is 1. The maximum absolute atomic E-state index is 10.2. The van der Waals surface area contributed by atoms with Crippen molar-refractivity contribution in [2.45, 2.75) is 6.92 Å². The number of H-pyrrole nitrogens is 1. The third-order valence-corrected chi connectivity index (χ3v) is 2.02. The van der Waals surface area contributed by atoms with Crippen molar-refractivity contribution in [2.24, 2.45) is 0 Å². The lowest BCUT2D eigenvalue weighted by atomic mass is 10.6. The smallest absolute Gasteiger partial charge is 0.346 e. The van der Waals surface area contributed by atoms with Gasteiger partial charge in [0.2, 0.25) is 0 Å². The molecule has 92 valence electrons. The number of hydrogen-bond acceptors (Lipinski definition) is 6. The average molecular weight is 247 g/mol. The summed E-state index contributed by atoms with van der Waals surface area (Å²) in [5.74, 6) is 2.45. The molecule has 0 unspecified atom stereocenters. The van der Waals surface area contributed by atoms with Gasteiger partial charge in [0.1, 0.15) is 5.82 Å². The molecule has 0 atom stereocenters. The van der Waals surface area contributed by atoms with Gasteiger partial charge in [-0.2, -0.15) is 0 Å². The van der Waals surface area contributed by atoms with Crippen LogP contribution in [0.2, 0.25) is 0 Å². The van der Waals surface area contributed by atoms with E-state index in [0.717, 1.165) is 12.5 Å². The monoisotopic (exact) mass is 247 g/mol. The predicted octanol–water partition coefficient (Wildman–Crippen LogP) is 0.0580. The first-order chi connectivity index (χ1) is 7.70. The Bertz CT molecular complexity index is 307. The zero-order valence-corrected chi connectivity index (χ0v) is 10.00. The van der Waals surface area contributed by atoms with E-state index in [0.29, 0.717) is 5.82 Å². The number of aliphatic hydroxyl groups is 1. The number of aromatic nitrogens is 2. The molecule has 1 aromatic rings. The molecular weight excluding hydrogens is 230 g/mol. The van der Waals surface area contributed by atoms with Crippen LogP contribution < -0.4 is 11.4 Å². The molecule has 1 fully saturated rings. The van der Waals surface area contributed by atoms with Crippen molar-refractivity contribution in [1.29, 1.82) is 0 Å². The van der Waals surface area contributed by atoms with Crippen LogP contribution >= 0.6 is 11.8 Å². The molecule has 0 radical (unpaired) electrons. The number of thioether (sulfide) groups is 1. The molecule has 0 spiro atoms. The Hall–Kier alpha value is -1.05. The lowest BCUT2D eigenvalue weighted by molar-refractivity contribution is 0.217. The van der Waals surface area contributed by atoms with Crippen molar-refractivity contribution >= 4 is 17.6 Å². The second kappa shape index (κ2) is 10.5. The number of aliphatic hydroxyl groups excluding tert-OH is 1. The zero-order chi connectivity index (χ0) is 12.2. The van der Waals surface area contributed by atoms with Crippen molar-refractivity contribution in [3.8, 4) is 0 Å². The molecule has 1 aliphatic heterocycles. The molecule has 0 aliphatic carbocycles. The van der Waals surface area contributed by atoms with Gasteiger partial charge in [-0.05, 0) is 13.0 Å². The molecule has 0 aromatic carbocycles. The molecule has 4 N–H and O–H groups in total. The molecule has 2 rings (SSSR count). The minimum Gasteiger partial charge on any atom is -0.397 e. The van der Waals surface area contributed by atoms with Gasteiger partial charge in [0.25, 0.3) is 0 Å². The highest BCUT2D eigenvalue weighted by Gasteiger charge is 1.94. The first-order valence-corrected chi connectivity index (χ1v) is 5.93. The second-order valence-electron chi connectivity index (χ2n) is 2.58. The minimum atomic E-state index is -0.412. The Kier molecular flexibility index (Phi) is 9.78. The second-order valence-corrected chi connectivity index (χ2v) is 3.63. The van der Waals surface area contributed by atoms with E-state index < -0.39 is 5.69 Å². The number of ether oxygens (including phenoxy) is 1. The fourth-order valence-corrected chi connectivity index (χ4v) is 1.27. The molecule has 1 saturated heterocycles. The van der Waals surface area contributed by atoms with Gasteiger partial charge in [0, 0.05) is 18.6 Å². The number of nitrogens with zero attached hydrogens (tertiary/aromatic N) is 1. The number of aromatic amines is 1. The van der Waals surface area contributed by atoms with E-state index in [9.17, 15) is 4.79 Å². The van der Waals surface area contributed by atoms with Crippen LogP contribution in [0.25, 0.3) is 0 Å². The standard InChI is InChI=1S/C4H5N3O.C3H6OS.C2H6O/c5-3-1-2-6-4(8)7-3;1-2-5-3-4-1;1-2-3/h1-2H,(H3,5,6,7,8);1-3H2;3H,2H2,1H3. The number of hydrogen-bond donors (Lipinski definition) is 3. The van der Waals surface area contributed by atoms with Crippen LogP contribution in [0.3, 0.4) is 0 Å². The number of nitrogen functional groups attached to an aromatic ring is 1. The van der Waals surface area contributed by atoms with Crippen molar-refractivity contribution in [3.63, 3.8) is 0 Å². The molecule has 0 saturated carbocycles. The molecular formula is C9H17N3O3S. The summed E-state index contributed by atoms with van der Waals surface area (Å²) in [4.78, 5) is 15.9. The van der Waals surface area contributed by atoms with Crippen molar-refractivity contribution in [1.82, 2.24) is 9.97 Å². The van der Waals surface area contributed by atoms with Crippen molar-refractivity contribution in [3.05, 3.63) is 22.7 Å². The fraction of sp³-hybridized carbons (Fsp3) is 0.556. The summed E-state index contributed by atoms with van der Waals surface area (Å²) >= 11 is 1.85. The largest absolute Gasteiger partial charge is 0.397 e. The summed E-state index contributed by atoms with van der Waals surface area (Å²) < 4.78 is 4.91. The van der Waals surface area contributed by atoms with Gasteiger partial charge in [0.15, 0.2) is 0 Å². The van der Waals surface area contributed by atoms with E-state index in [-0.39, 0.29) is 6.61 Å². The molecule has 0 amide bonds. The van der Waals surface area contributed by atoms with E-state index in [1.165, 1.54) is 18.0 Å². The fourth-order valence-electron chi connectivity index (χ4n) is 0.677. The zero-order valence-electron chi connectivity index (χ0n) is 9.18. The molecule has 1 aromatic heterocycles. The number of anilines is 1. The molecule has 2 heterocycles. The maximum atomic E-state index is 10.2. The molecule has 7 heteroatoms. The Morgan fingerprint density at radius 3 is 2.69 bits per heavy atom. The summed E-state index contributed by atoms with van der Waals surface area (Å²) in [6.07, 6.45) is 1.36. The van der Waals surface area contributed by atoms with E-state index in [1.54, 1.807) is 6.92 Å². The van der Waals surface area contributed by atoms with Crippen LogP contribution in [-0.4, -0.2) is 40.0 Å². The first kappa shape index (κ1) is 14.9.